The highest BCUT2D eigenvalue weighted by molar-refractivity contribution is 5.86. The highest BCUT2D eigenvalue weighted by atomic mass is 35.5. The summed E-state index contributed by atoms with van der Waals surface area (Å²) in [6.45, 7) is 5.16. The number of carboxylic acid groups (broad SMARTS) is 1. The van der Waals surface area contributed by atoms with Gasteiger partial charge in [-0.15, -0.1) is 24.8 Å². The van der Waals surface area contributed by atoms with Crippen LogP contribution < -0.4 is 5.84 Å². The normalized spacial score (nSPS) is 14.4. The fraction of sp³-hybridized carbons (Fsp3) is 0.250. The summed E-state index contributed by atoms with van der Waals surface area (Å²) in [5.41, 5.74) is 2.29. The minimum atomic E-state index is -0.922. The average Bonchev–Trinajstić information content (AvgIpc) is 2.64. The number of hydrogen-bond donors (Lipinski definition) is 2. The zero-order valence-corrected chi connectivity index (χ0v) is 16.7. The molecule has 0 aromatic heterocycles. The van der Waals surface area contributed by atoms with Crippen LogP contribution in [0.1, 0.15) is 11.1 Å². The van der Waals surface area contributed by atoms with Crippen molar-refractivity contribution in [1.29, 1.82) is 0 Å². The number of aliphatic carboxylic acids is 1. The first-order valence-corrected chi connectivity index (χ1v) is 8.35. The average molecular weight is 412 g/mol. The quantitative estimate of drug-likeness (QED) is 0.596. The Morgan fingerprint density at radius 3 is 1.96 bits per heavy atom. The summed E-state index contributed by atoms with van der Waals surface area (Å²) in [5.74, 6) is 4.77. The van der Waals surface area contributed by atoms with E-state index in [1.807, 2.05) is 35.3 Å². The highest BCUT2D eigenvalue weighted by Crippen LogP contribution is 2.06. The zero-order chi connectivity index (χ0) is 17.9. The number of halogens is 2. The van der Waals surface area contributed by atoms with Gasteiger partial charge in [-0.2, -0.15) is 0 Å². The summed E-state index contributed by atoms with van der Waals surface area (Å²) >= 11 is 0. The standard InChI is InChI=1S/C11H17N3.C9H8O2.2ClH/c12-14-8-6-13(7-9-14)10-11-4-2-1-3-5-11;10-9(11)7-6-8-4-2-1-3-5-8;;/h1-5H,6-10,12H2;1-7H,(H,10,11);2*1H. The number of carboxylic acids is 1. The van der Waals surface area contributed by atoms with E-state index in [-0.39, 0.29) is 24.8 Å². The van der Waals surface area contributed by atoms with Crippen molar-refractivity contribution in [1.82, 2.24) is 9.91 Å². The topological polar surface area (TPSA) is 69.8 Å². The van der Waals surface area contributed by atoms with Gasteiger partial charge in [0.2, 0.25) is 0 Å². The molecule has 1 heterocycles. The summed E-state index contributed by atoms with van der Waals surface area (Å²) in [4.78, 5) is 12.5. The molecule has 5 nitrogen and oxygen atoms in total. The van der Waals surface area contributed by atoms with E-state index in [1.54, 1.807) is 6.08 Å². The molecule has 2 aromatic carbocycles. The van der Waals surface area contributed by atoms with E-state index >= 15 is 0 Å². The molecule has 1 fully saturated rings. The maximum atomic E-state index is 10.1. The van der Waals surface area contributed by atoms with Gasteiger partial charge < -0.3 is 5.11 Å². The van der Waals surface area contributed by atoms with E-state index in [1.165, 1.54) is 5.56 Å². The van der Waals surface area contributed by atoms with E-state index in [4.69, 9.17) is 10.9 Å². The van der Waals surface area contributed by atoms with Crippen LogP contribution >= 0.6 is 24.8 Å². The lowest BCUT2D eigenvalue weighted by Crippen LogP contribution is -2.48. The molecule has 0 bridgehead atoms. The van der Waals surface area contributed by atoms with Crippen LogP contribution in [0.25, 0.3) is 6.08 Å². The molecule has 0 radical (unpaired) electrons. The molecule has 1 aliphatic heterocycles. The maximum absolute atomic E-state index is 10.1. The lowest BCUT2D eigenvalue weighted by molar-refractivity contribution is -0.131. The summed E-state index contributed by atoms with van der Waals surface area (Å²) in [6, 6.07) is 19.9. The van der Waals surface area contributed by atoms with Crippen LogP contribution in [0.2, 0.25) is 0 Å². The van der Waals surface area contributed by atoms with Gasteiger partial charge in [0, 0.05) is 38.8 Å². The lowest BCUT2D eigenvalue weighted by Gasteiger charge is -2.31. The summed E-state index contributed by atoms with van der Waals surface area (Å²) in [7, 11) is 0. The predicted octanol–water partition coefficient (Wildman–Crippen LogP) is 3.31. The van der Waals surface area contributed by atoms with Gasteiger partial charge >= 0.3 is 5.97 Å². The van der Waals surface area contributed by atoms with Crippen molar-refractivity contribution in [3.05, 3.63) is 77.9 Å². The Morgan fingerprint density at radius 2 is 1.44 bits per heavy atom. The minimum Gasteiger partial charge on any atom is -0.478 e. The van der Waals surface area contributed by atoms with Gasteiger partial charge in [0.25, 0.3) is 0 Å². The van der Waals surface area contributed by atoms with Gasteiger partial charge in [-0.25, -0.2) is 9.80 Å². The fourth-order valence-electron chi connectivity index (χ4n) is 2.49. The number of nitrogens with zero attached hydrogens (tertiary/aromatic N) is 2. The predicted molar refractivity (Wildman–Crippen MR) is 115 cm³/mol. The molecule has 7 heteroatoms. The molecule has 0 atom stereocenters. The minimum absolute atomic E-state index is 0. The van der Waals surface area contributed by atoms with Crippen LogP contribution in [-0.2, 0) is 11.3 Å². The van der Waals surface area contributed by atoms with Crippen LogP contribution in [0.5, 0.6) is 0 Å². The summed E-state index contributed by atoms with van der Waals surface area (Å²) in [6.07, 6.45) is 2.68. The van der Waals surface area contributed by atoms with Gasteiger partial charge in [0.05, 0.1) is 0 Å². The van der Waals surface area contributed by atoms with E-state index in [2.05, 4.69) is 35.2 Å². The smallest absolute Gasteiger partial charge is 0.328 e. The first kappa shape index (κ1) is 25.1. The van der Waals surface area contributed by atoms with Crippen LogP contribution in [0.4, 0.5) is 0 Å². The Morgan fingerprint density at radius 1 is 0.926 bits per heavy atom. The first-order valence-electron chi connectivity index (χ1n) is 8.35. The Kier molecular flexibility index (Phi) is 13.2. The van der Waals surface area contributed by atoms with Crippen molar-refractivity contribution >= 4 is 36.9 Å². The van der Waals surface area contributed by atoms with Gasteiger partial charge in [-0.1, -0.05) is 60.7 Å². The Labute approximate surface area is 173 Å². The molecule has 0 aliphatic carbocycles. The molecule has 148 valence electrons. The Balaban J connectivity index is 0.000000479. The largest absolute Gasteiger partial charge is 0.478 e. The van der Waals surface area contributed by atoms with Crippen LogP contribution in [0.15, 0.2) is 66.7 Å². The molecule has 0 spiro atoms. The molecule has 0 unspecified atom stereocenters. The Hall–Kier alpha value is -1.89. The highest BCUT2D eigenvalue weighted by Gasteiger charge is 2.13. The number of benzene rings is 2. The maximum Gasteiger partial charge on any atom is 0.328 e. The van der Waals surface area contributed by atoms with Crippen LogP contribution in [0, 0.1) is 0 Å². The summed E-state index contributed by atoms with van der Waals surface area (Å²) in [5, 5.41) is 10.2. The monoisotopic (exact) mass is 411 g/mol. The number of piperazine rings is 1. The van der Waals surface area contributed by atoms with Crippen molar-refractivity contribution in [2.24, 2.45) is 5.84 Å². The number of nitrogens with two attached hydrogens (primary N) is 1. The van der Waals surface area contributed by atoms with Gasteiger partial charge in [0.15, 0.2) is 0 Å². The van der Waals surface area contributed by atoms with Crippen molar-refractivity contribution in [3.8, 4) is 0 Å². The molecule has 27 heavy (non-hydrogen) atoms. The Bertz CT molecular complexity index is 661. The van der Waals surface area contributed by atoms with E-state index in [9.17, 15) is 4.79 Å². The number of carbonyl (C=O) groups is 1. The third kappa shape index (κ3) is 10.8. The van der Waals surface area contributed by atoms with E-state index in [0.29, 0.717) is 0 Å². The van der Waals surface area contributed by atoms with Crippen molar-refractivity contribution in [2.45, 2.75) is 6.54 Å². The SMILES string of the molecule is Cl.Cl.NN1CCN(Cc2ccccc2)CC1.O=C(O)C=Cc1ccccc1. The van der Waals surface area contributed by atoms with Gasteiger partial charge in [0.1, 0.15) is 0 Å². The number of rotatable bonds is 4. The molecule has 0 saturated carbocycles. The second-order valence-electron chi connectivity index (χ2n) is 5.88. The molecule has 1 aliphatic rings. The molecule has 0 amide bonds. The lowest BCUT2D eigenvalue weighted by atomic mass is 10.2. The molecular weight excluding hydrogens is 385 g/mol. The first-order chi connectivity index (χ1) is 12.1. The van der Waals surface area contributed by atoms with Crippen molar-refractivity contribution in [3.63, 3.8) is 0 Å². The second-order valence-corrected chi connectivity index (χ2v) is 5.88. The van der Waals surface area contributed by atoms with E-state index in [0.717, 1.165) is 44.4 Å². The molecular formula is C20H27Cl2N3O2. The van der Waals surface area contributed by atoms with Crippen LogP contribution in [-0.4, -0.2) is 47.2 Å². The fourth-order valence-corrected chi connectivity index (χ4v) is 2.49. The molecule has 1 saturated heterocycles. The third-order valence-electron chi connectivity index (χ3n) is 3.87. The molecule has 2 aromatic rings. The number of hydrogen-bond acceptors (Lipinski definition) is 4. The van der Waals surface area contributed by atoms with Gasteiger partial charge in [-0.3, -0.25) is 10.7 Å². The summed E-state index contributed by atoms with van der Waals surface area (Å²) < 4.78 is 0. The zero-order valence-electron chi connectivity index (χ0n) is 15.1. The molecule has 3 N–H and O–H groups in total. The van der Waals surface area contributed by atoms with Crippen molar-refractivity contribution in [2.75, 3.05) is 26.2 Å². The van der Waals surface area contributed by atoms with Crippen molar-refractivity contribution < 1.29 is 9.90 Å². The van der Waals surface area contributed by atoms with Crippen LogP contribution in [0.3, 0.4) is 0 Å². The van der Waals surface area contributed by atoms with Gasteiger partial charge in [-0.05, 0) is 17.2 Å². The third-order valence-corrected chi connectivity index (χ3v) is 3.87. The molecule has 3 rings (SSSR count). The van der Waals surface area contributed by atoms with E-state index < -0.39 is 5.97 Å². The second kappa shape index (κ2) is 14.2. The number of hydrazine groups is 1.